The first kappa shape index (κ1) is 16.3. The van der Waals surface area contributed by atoms with Gasteiger partial charge in [0.25, 0.3) is 0 Å². The average Bonchev–Trinajstić information content (AvgIpc) is 2.77. The maximum atomic E-state index is 13.1. The van der Waals surface area contributed by atoms with Crippen LogP contribution in [0.5, 0.6) is 0 Å². The van der Waals surface area contributed by atoms with Gasteiger partial charge >= 0.3 is 12.2 Å². The molecule has 1 aromatic carbocycles. The number of carbonyl (C=O) groups is 1. The average molecular weight is 338 g/mol. The highest BCUT2D eigenvalue weighted by Gasteiger charge is 2.49. The molecule has 0 saturated carbocycles. The monoisotopic (exact) mass is 338 g/mol. The smallest absolute Gasteiger partial charge is 0.381 e. The van der Waals surface area contributed by atoms with Crippen molar-refractivity contribution in [3.8, 4) is 6.07 Å². The minimum absolute atomic E-state index is 0.0906. The summed E-state index contributed by atoms with van der Waals surface area (Å²) < 4.78 is 44.5. The number of halogens is 3. The van der Waals surface area contributed by atoms with Crippen LogP contribution in [0.25, 0.3) is 0 Å². The zero-order chi connectivity index (χ0) is 17.5. The van der Waals surface area contributed by atoms with Crippen molar-refractivity contribution in [2.75, 3.05) is 18.1 Å². The third kappa shape index (κ3) is 2.49. The van der Waals surface area contributed by atoms with E-state index in [0.29, 0.717) is 26.1 Å². The van der Waals surface area contributed by atoms with E-state index in [1.807, 2.05) is 0 Å². The number of ether oxygens (including phenoxy) is 1. The van der Waals surface area contributed by atoms with E-state index < -0.39 is 28.9 Å². The highest BCUT2D eigenvalue weighted by atomic mass is 19.4. The second-order valence-electron chi connectivity index (χ2n) is 5.65. The summed E-state index contributed by atoms with van der Waals surface area (Å²) in [5.74, 6) is -0.103. The Hall–Kier alpha value is -2.60. The predicted octanol–water partition coefficient (Wildman–Crippen LogP) is 2.63. The molecule has 2 fully saturated rings. The van der Waals surface area contributed by atoms with E-state index in [1.165, 1.54) is 12.1 Å². The zero-order valence-electron chi connectivity index (χ0n) is 12.4. The lowest BCUT2D eigenvalue weighted by Gasteiger charge is -2.32. The van der Waals surface area contributed by atoms with Crippen molar-refractivity contribution in [3.05, 3.63) is 29.3 Å². The summed E-state index contributed by atoms with van der Waals surface area (Å²) >= 11 is 0. The van der Waals surface area contributed by atoms with Gasteiger partial charge in [0, 0.05) is 26.1 Å². The van der Waals surface area contributed by atoms with Crippen molar-refractivity contribution >= 4 is 17.6 Å². The van der Waals surface area contributed by atoms with Crippen molar-refractivity contribution in [1.29, 1.82) is 10.7 Å². The summed E-state index contributed by atoms with van der Waals surface area (Å²) in [6, 6.07) is 3.81. The van der Waals surface area contributed by atoms with Gasteiger partial charge in [-0.2, -0.15) is 18.4 Å². The molecule has 0 atom stereocenters. The summed E-state index contributed by atoms with van der Waals surface area (Å²) in [7, 11) is 0. The van der Waals surface area contributed by atoms with Crippen LogP contribution in [0.3, 0.4) is 0 Å². The number of amidine groups is 1. The number of nitrogens with one attached hydrogen (secondary N) is 2. The molecule has 1 spiro atoms. The Bertz CT molecular complexity index is 748. The third-order valence-electron chi connectivity index (χ3n) is 4.26. The Labute approximate surface area is 135 Å². The fourth-order valence-corrected chi connectivity index (χ4v) is 2.97. The van der Waals surface area contributed by atoms with Gasteiger partial charge in [-0.15, -0.1) is 0 Å². The molecule has 2 heterocycles. The van der Waals surface area contributed by atoms with Gasteiger partial charge in [0.05, 0.1) is 22.9 Å². The molecule has 0 radical (unpaired) electrons. The van der Waals surface area contributed by atoms with Crippen LogP contribution >= 0.6 is 0 Å². The summed E-state index contributed by atoms with van der Waals surface area (Å²) in [4.78, 5) is 13.2. The molecule has 0 bridgehead atoms. The standard InChI is InChI=1S/C15H13F3N4O2/c16-15(17,18)11-7-10(2-1-9(11)8-19)22-12(20)14(21-13(22)23)3-5-24-6-4-14/h1-2,7,20H,3-6H2,(H,21,23). The van der Waals surface area contributed by atoms with Gasteiger partial charge in [-0.3, -0.25) is 5.41 Å². The molecule has 1 aromatic rings. The summed E-state index contributed by atoms with van der Waals surface area (Å²) in [5, 5.41) is 19.8. The molecule has 24 heavy (non-hydrogen) atoms. The predicted molar refractivity (Wildman–Crippen MR) is 77.7 cm³/mol. The van der Waals surface area contributed by atoms with Crippen molar-refractivity contribution in [2.24, 2.45) is 0 Å². The normalized spacial score (nSPS) is 20.2. The van der Waals surface area contributed by atoms with Crippen LogP contribution in [0.4, 0.5) is 23.7 Å². The van der Waals surface area contributed by atoms with Crippen LogP contribution in [0, 0.1) is 16.7 Å². The number of benzene rings is 1. The van der Waals surface area contributed by atoms with Crippen LogP contribution < -0.4 is 10.2 Å². The fraction of sp³-hybridized carbons (Fsp3) is 0.400. The van der Waals surface area contributed by atoms with E-state index in [2.05, 4.69) is 5.32 Å². The second kappa shape index (κ2) is 5.49. The summed E-state index contributed by atoms with van der Waals surface area (Å²) in [5.41, 5.74) is -2.66. The van der Waals surface area contributed by atoms with Crippen LogP contribution in [-0.4, -0.2) is 30.6 Å². The topological polar surface area (TPSA) is 89.2 Å². The molecule has 9 heteroatoms. The quantitative estimate of drug-likeness (QED) is 0.825. The van der Waals surface area contributed by atoms with E-state index in [1.54, 1.807) is 0 Å². The molecule has 2 aliphatic rings. The number of rotatable bonds is 1. The molecule has 0 aliphatic carbocycles. The molecule has 0 aromatic heterocycles. The van der Waals surface area contributed by atoms with E-state index in [-0.39, 0.29) is 11.5 Å². The molecular formula is C15H13F3N4O2. The first-order chi connectivity index (χ1) is 11.3. The number of anilines is 1. The van der Waals surface area contributed by atoms with Crippen molar-refractivity contribution in [1.82, 2.24) is 5.32 Å². The molecule has 3 rings (SSSR count). The summed E-state index contributed by atoms with van der Waals surface area (Å²) in [6.07, 6.45) is -3.96. The Kier molecular flexibility index (Phi) is 3.72. The molecule has 2 amide bonds. The molecule has 2 aliphatic heterocycles. The highest BCUT2D eigenvalue weighted by Crippen LogP contribution is 2.37. The van der Waals surface area contributed by atoms with Crippen LogP contribution in [0.2, 0.25) is 0 Å². The Balaban J connectivity index is 2.02. The zero-order valence-corrected chi connectivity index (χ0v) is 12.4. The second-order valence-corrected chi connectivity index (χ2v) is 5.65. The van der Waals surface area contributed by atoms with Gasteiger partial charge < -0.3 is 10.1 Å². The Morgan fingerprint density at radius 2 is 2.00 bits per heavy atom. The first-order valence-electron chi connectivity index (χ1n) is 7.19. The van der Waals surface area contributed by atoms with Crippen molar-refractivity contribution < 1.29 is 22.7 Å². The number of alkyl halides is 3. The van der Waals surface area contributed by atoms with Gasteiger partial charge in [0.15, 0.2) is 0 Å². The van der Waals surface area contributed by atoms with Gasteiger partial charge in [-0.1, -0.05) is 0 Å². The number of hydrogen-bond acceptors (Lipinski definition) is 4. The molecule has 2 saturated heterocycles. The van der Waals surface area contributed by atoms with E-state index in [9.17, 15) is 18.0 Å². The maximum absolute atomic E-state index is 13.1. The number of carbonyl (C=O) groups excluding carboxylic acids is 1. The highest BCUT2D eigenvalue weighted by molar-refractivity contribution is 6.24. The van der Waals surface area contributed by atoms with Gasteiger partial charge in [0.2, 0.25) is 0 Å². The molecule has 2 N–H and O–H groups in total. The summed E-state index contributed by atoms with van der Waals surface area (Å²) in [6.45, 7) is 0.718. The number of urea groups is 1. The fourth-order valence-electron chi connectivity index (χ4n) is 2.97. The maximum Gasteiger partial charge on any atom is 0.417 e. The SMILES string of the molecule is N#Cc1ccc(N2C(=N)C3(CCOCC3)NC2=O)cc1C(F)(F)F. The third-order valence-corrected chi connectivity index (χ3v) is 4.26. The molecular weight excluding hydrogens is 325 g/mol. The lowest BCUT2D eigenvalue weighted by molar-refractivity contribution is -0.137. The van der Waals surface area contributed by atoms with Crippen molar-refractivity contribution in [3.63, 3.8) is 0 Å². The van der Waals surface area contributed by atoms with E-state index >= 15 is 0 Å². The lowest BCUT2D eigenvalue weighted by atomic mass is 9.89. The lowest BCUT2D eigenvalue weighted by Crippen LogP contribution is -2.50. The van der Waals surface area contributed by atoms with E-state index in [4.69, 9.17) is 15.4 Å². The number of nitrogens with zero attached hydrogens (tertiary/aromatic N) is 2. The Morgan fingerprint density at radius 3 is 2.58 bits per heavy atom. The van der Waals surface area contributed by atoms with E-state index in [0.717, 1.165) is 17.0 Å². The van der Waals surface area contributed by atoms with Gasteiger partial charge in [0.1, 0.15) is 11.4 Å². The van der Waals surface area contributed by atoms with Gasteiger partial charge in [-0.05, 0) is 18.2 Å². The number of hydrogen-bond donors (Lipinski definition) is 2. The molecule has 6 nitrogen and oxygen atoms in total. The first-order valence-corrected chi connectivity index (χ1v) is 7.19. The number of amides is 2. The van der Waals surface area contributed by atoms with Gasteiger partial charge in [-0.25, -0.2) is 9.69 Å². The molecule has 0 unspecified atom stereocenters. The van der Waals surface area contributed by atoms with Crippen LogP contribution in [0.15, 0.2) is 18.2 Å². The van der Waals surface area contributed by atoms with Crippen LogP contribution in [0.1, 0.15) is 24.0 Å². The minimum Gasteiger partial charge on any atom is -0.381 e. The van der Waals surface area contributed by atoms with Crippen molar-refractivity contribution in [2.45, 2.75) is 24.6 Å². The molecule has 126 valence electrons. The minimum atomic E-state index is -4.73. The largest absolute Gasteiger partial charge is 0.417 e. The Morgan fingerprint density at radius 1 is 1.33 bits per heavy atom. The number of nitriles is 1. The van der Waals surface area contributed by atoms with Crippen LogP contribution in [-0.2, 0) is 10.9 Å².